The first-order chi connectivity index (χ1) is 13.6. The number of carbonyl (C=O) groups excluding carboxylic acids is 2. The smallest absolute Gasteiger partial charge is 0.256 e. The molecule has 3 heterocycles. The Morgan fingerprint density at radius 1 is 0.964 bits per heavy atom. The number of piperidine rings is 1. The minimum atomic E-state index is -0.364. The number of benzene rings is 1. The molecule has 28 heavy (non-hydrogen) atoms. The first kappa shape index (κ1) is 18.9. The van der Waals surface area contributed by atoms with Gasteiger partial charge in [-0.3, -0.25) is 9.59 Å². The zero-order valence-corrected chi connectivity index (χ0v) is 16.5. The number of rotatable bonds is 3. The number of amides is 2. The summed E-state index contributed by atoms with van der Waals surface area (Å²) in [4.78, 5) is 33.6. The van der Waals surface area contributed by atoms with Crippen LogP contribution in [0.15, 0.2) is 48.7 Å². The molecular formula is C22H24ClN3O2. The normalized spacial score (nSPS) is 20.4. The molecule has 2 aromatic rings. The van der Waals surface area contributed by atoms with E-state index < -0.39 is 0 Å². The zero-order chi connectivity index (χ0) is 19.5. The molecule has 0 radical (unpaired) electrons. The van der Waals surface area contributed by atoms with E-state index in [0.717, 1.165) is 38.8 Å². The highest BCUT2D eigenvalue weighted by Gasteiger charge is 2.38. The maximum Gasteiger partial charge on any atom is 0.256 e. The lowest BCUT2D eigenvalue weighted by molar-refractivity contribution is -0.136. The number of hydrogen-bond donors (Lipinski definition) is 0. The van der Waals surface area contributed by atoms with E-state index in [1.165, 1.54) is 11.8 Å². The van der Waals surface area contributed by atoms with Gasteiger partial charge in [-0.1, -0.05) is 41.9 Å². The van der Waals surface area contributed by atoms with Crippen LogP contribution in [0.5, 0.6) is 0 Å². The molecule has 0 aliphatic carbocycles. The van der Waals surface area contributed by atoms with E-state index in [4.69, 9.17) is 11.6 Å². The lowest BCUT2D eigenvalue weighted by Crippen LogP contribution is -2.49. The lowest BCUT2D eigenvalue weighted by atomic mass is 9.89. The van der Waals surface area contributed by atoms with Crippen LogP contribution in [0.3, 0.4) is 0 Å². The van der Waals surface area contributed by atoms with Crippen LogP contribution in [-0.2, 0) is 4.79 Å². The average molecular weight is 398 g/mol. The number of hydrogen-bond acceptors (Lipinski definition) is 3. The van der Waals surface area contributed by atoms with Crippen LogP contribution in [0, 0.1) is 0 Å². The van der Waals surface area contributed by atoms with Gasteiger partial charge in [0.05, 0.1) is 5.56 Å². The number of halogens is 1. The molecule has 5 nitrogen and oxygen atoms in total. The van der Waals surface area contributed by atoms with Gasteiger partial charge in [-0.15, -0.1) is 0 Å². The van der Waals surface area contributed by atoms with Gasteiger partial charge in [-0.2, -0.15) is 0 Å². The number of nitrogens with zero attached hydrogens (tertiary/aromatic N) is 3. The van der Waals surface area contributed by atoms with E-state index in [9.17, 15) is 9.59 Å². The topological polar surface area (TPSA) is 53.5 Å². The Morgan fingerprint density at radius 2 is 1.71 bits per heavy atom. The van der Waals surface area contributed by atoms with Gasteiger partial charge in [0, 0.05) is 25.8 Å². The minimum Gasteiger partial charge on any atom is -0.341 e. The summed E-state index contributed by atoms with van der Waals surface area (Å²) in [7, 11) is 0. The zero-order valence-electron chi connectivity index (χ0n) is 15.8. The molecule has 2 aliphatic heterocycles. The lowest BCUT2D eigenvalue weighted by Gasteiger charge is -2.35. The predicted octanol–water partition coefficient (Wildman–Crippen LogP) is 3.75. The second-order valence-corrected chi connectivity index (χ2v) is 7.92. The monoisotopic (exact) mass is 397 g/mol. The van der Waals surface area contributed by atoms with Crippen LogP contribution in [0.4, 0.5) is 0 Å². The molecule has 0 bridgehead atoms. The van der Waals surface area contributed by atoms with Crippen LogP contribution in [0.1, 0.15) is 47.5 Å². The Morgan fingerprint density at radius 3 is 2.39 bits per heavy atom. The Hall–Kier alpha value is -2.40. The standard InChI is InChI=1S/C22H24ClN3O2/c23-20-9-8-18(15-24-20)21(27)26-12-4-7-19(26)22(28)25-13-10-17(11-14-25)16-5-2-1-3-6-16/h1-3,5-6,8-9,15,17,19H,4,7,10-14H2. The van der Waals surface area contributed by atoms with Gasteiger partial charge in [0.25, 0.3) is 5.91 Å². The Labute approximate surface area is 170 Å². The van der Waals surface area contributed by atoms with Crippen molar-refractivity contribution in [2.45, 2.75) is 37.6 Å². The summed E-state index contributed by atoms with van der Waals surface area (Å²) in [5.74, 6) is 0.449. The third-order valence-electron chi connectivity index (χ3n) is 5.85. The van der Waals surface area contributed by atoms with E-state index in [1.807, 2.05) is 11.0 Å². The Bertz CT molecular complexity index is 833. The van der Waals surface area contributed by atoms with Gasteiger partial charge in [-0.05, 0) is 49.3 Å². The molecule has 1 atom stereocenters. The van der Waals surface area contributed by atoms with Crippen molar-refractivity contribution in [1.29, 1.82) is 0 Å². The number of pyridine rings is 1. The van der Waals surface area contributed by atoms with Gasteiger partial charge in [-0.25, -0.2) is 4.98 Å². The number of aromatic nitrogens is 1. The molecule has 4 rings (SSSR count). The van der Waals surface area contributed by atoms with Crippen molar-refractivity contribution in [3.8, 4) is 0 Å². The van der Waals surface area contributed by atoms with Gasteiger partial charge in [0.1, 0.15) is 11.2 Å². The second kappa shape index (κ2) is 8.31. The molecule has 146 valence electrons. The van der Waals surface area contributed by atoms with Crippen molar-refractivity contribution in [2.24, 2.45) is 0 Å². The van der Waals surface area contributed by atoms with Crippen molar-refractivity contribution >= 4 is 23.4 Å². The number of likely N-dealkylation sites (tertiary alicyclic amines) is 2. The maximum atomic E-state index is 13.1. The molecular weight excluding hydrogens is 374 g/mol. The average Bonchev–Trinajstić information content (AvgIpc) is 3.24. The first-order valence-electron chi connectivity index (χ1n) is 9.90. The molecule has 2 amide bonds. The summed E-state index contributed by atoms with van der Waals surface area (Å²) in [6.07, 6.45) is 5.00. The van der Waals surface area contributed by atoms with E-state index in [-0.39, 0.29) is 17.9 Å². The molecule has 0 saturated carbocycles. The molecule has 1 aromatic carbocycles. The van der Waals surface area contributed by atoms with Crippen LogP contribution in [0.2, 0.25) is 5.15 Å². The van der Waals surface area contributed by atoms with Crippen molar-refractivity contribution in [2.75, 3.05) is 19.6 Å². The van der Waals surface area contributed by atoms with Gasteiger partial charge >= 0.3 is 0 Å². The molecule has 2 saturated heterocycles. The van der Waals surface area contributed by atoms with Gasteiger partial charge in [0.2, 0.25) is 5.91 Å². The molecule has 2 fully saturated rings. The van der Waals surface area contributed by atoms with E-state index in [2.05, 4.69) is 29.2 Å². The summed E-state index contributed by atoms with van der Waals surface area (Å²) in [5.41, 5.74) is 1.83. The maximum absolute atomic E-state index is 13.1. The Balaban J connectivity index is 1.40. The summed E-state index contributed by atoms with van der Waals surface area (Å²) in [6.45, 7) is 2.11. The fourth-order valence-corrected chi connectivity index (χ4v) is 4.42. The van der Waals surface area contributed by atoms with E-state index in [0.29, 0.717) is 23.2 Å². The van der Waals surface area contributed by atoms with Crippen molar-refractivity contribution < 1.29 is 9.59 Å². The summed E-state index contributed by atoms with van der Waals surface area (Å²) >= 11 is 5.82. The summed E-state index contributed by atoms with van der Waals surface area (Å²) in [6, 6.07) is 13.4. The van der Waals surface area contributed by atoms with E-state index in [1.54, 1.807) is 17.0 Å². The summed E-state index contributed by atoms with van der Waals surface area (Å²) in [5, 5.41) is 0.354. The van der Waals surface area contributed by atoms with Gasteiger partial charge < -0.3 is 9.80 Å². The third kappa shape index (κ3) is 3.90. The highest BCUT2D eigenvalue weighted by Crippen LogP contribution is 2.30. The molecule has 2 aliphatic rings. The largest absolute Gasteiger partial charge is 0.341 e. The minimum absolute atomic E-state index is 0.0827. The fraction of sp³-hybridized carbons (Fsp3) is 0.409. The van der Waals surface area contributed by atoms with Crippen molar-refractivity contribution in [3.05, 3.63) is 64.9 Å². The molecule has 0 spiro atoms. The molecule has 1 aromatic heterocycles. The Kier molecular flexibility index (Phi) is 5.62. The second-order valence-electron chi connectivity index (χ2n) is 7.54. The van der Waals surface area contributed by atoms with Crippen LogP contribution in [0.25, 0.3) is 0 Å². The van der Waals surface area contributed by atoms with Crippen molar-refractivity contribution in [1.82, 2.24) is 14.8 Å². The highest BCUT2D eigenvalue weighted by molar-refractivity contribution is 6.29. The quantitative estimate of drug-likeness (QED) is 0.741. The molecule has 6 heteroatoms. The predicted molar refractivity (Wildman–Crippen MR) is 108 cm³/mol. The van der Waals surface area contributed by atoms with Gasteiger partial charge in [0.15, 0.2) is 0 Å². The SMILES string of the molecule is O=C(C1CCCN1C(=O)c1ccc(Cl)nc1)N1CCC(c2ccccc2)CC1. The highest BCUT2D eigenvalue weighted by atomic mass is 35.5. The molecule has 1 unspecified atom stereocenters. The summed E-state index contributed by atoms with van der Waals surface area (Å²) < 4.78 is 0. The van der Waals surface area contributed by atoms with E-state index >= 15 is 0 Å². The molecule has 0 N–H and O–H groups in total. The first-order valence-corrected chi connectivity index (χ1v) is 10.3. The number of carbonyl (C=O) groups is 2. The van der Waals surface area contributed by atoms with Crippen LogP contribution < -0.4 is 0 Å². The van der Waals surface area contributed by atoms with Crippen LogP contribution >= 0.6 is 11.6 Å². The third-order valence-corrected chi connectivity index (χ3v) is 6.07. The van der Waals surface area contributed by atoms with Crippen LogP contribution in [-0.4, -0.2) is 52.3 Å². The fourth-order valence-electron chi connectivity index (χ4n) is 4.30. The van der Waals surface area contributed by atoms with Crippen molar-refractivity contribution in [3.63, 3.8) is 0 Å².